The number of ether oxygens (including phenoxy) is 6. The topological polar surface area (TPSA) is 174 Å². The van der Waals surface area contributed by atoms with Crippen LogP contribution in [0.15, 0.2) is 131 Å². The highest BCUT2D eigenvalue weighted by molar-refractivity contribution is 8.00. The molecule has 0 unspecified atom stereocenters. The Hall–Kier alpha value is -3.64. The first-order chi connectivity index (χ1) is 28.8. The molecule has 0 aromatic heterocycles. The fourth-order valence-corrected chi connectivity index (χ4v) is 8.84. The molecule has 15 heteroatoms. The van der Waals surface area contributed by atoms with Crippen LogP contribution in [0.3, 0.4) is 0 Å². The Balaban J connectivity index is 1.35. The molecule has 3 N–H and O–H groups in total. The lowest BCUT2D eigenvalue weighted by atomic mass is 9.95. The predicted octanol–water partition coefficient (Wildman–Crippen LogP) is 7.74. The van der Waals surface area contributed by atoms with Gasteiger partial charge in [0.1, 0.15) is 48.8 Å². The molecule has 4 aromatic carbocycles. The highest BCUT2D eigenvalue weighted by Crippen LogP contribution is 2.44. The summed E-state index contributed by atoms with van der Waals surface area (Å²) in [6, 6.07) is 36.6. The largest absolute Gasteiger partial charge is 0.414 e. The molecule has 2 aliphatic heterocycles. The first-order valence-corrected chi connectivity index (χ1v) is 23.9. The number of benzene rings is 4. The lowest BCUT2D eigenvalue weighted by Gasteiger charge is -2.50. The average molecular weight is 860 g/mol. The summed E-state index contributed by atoms with van der Waals surface area (Å²) in [5.74, 6) is 0. The summed E-state index contributed by atoms with van der Waals surface area (Å²) in [4.78, 5) is 3.78. The molecule has 0 saturated carbocycles. The first-order valence-electron chi connectivity index (χ1n) is 20.2. The summed E-state index contributed by atoms with van der Waals surface area (Å²) in [5, 5.41) is 37.9. The second-order valence-corrected chi connectivity index (χ2v) is 22.6. The van der Waals surface area contributed by atoms with Gasteiger partial charge in [0.05, 0.1) is 33.0 Å². The van der Waals surface area contributed by atoms with Crippen LogP contribution in [0.1, 0.15) is 37.5 Å². The molecule has 6 rings (SSSR count). The van der Waals surface area contributed by atoms with Crippen LogP contribution in [0.25, 0.3) is 10.4 Å². The fourth-order valence-electron chi connectivity index (χ4n) is 6.77. The monoisotopic (exact) mass is 859 g/mol. The second-order valence-electron chi connectivity index (χ2n) is 16.6. The van der Waals surface area contributed by atoms with E-state index in [4.69, 9.17) is 32.8 Å². The van der Waals surface area contributed by atoms with Crippen LogP contribution in [-0.2, 0) is 52.7 Å². The zero-order chi connectivity index (χ0) is 42.8. The Morgan fingerprint density at radius 1 is 0.733 bits per heavy atom. The molecule has 2 heterocycles. The number of aliphatic hydroxyl groups excluding tert-OH is 2. The first kappa shape index (κ1) is 45.9. The van der Waals surface area contributed by atoms with Gasteiger partial charge in [-0.25, -0.2) is 0 Å². The van der Waals surface area contributed by atoms with E-state index in [-0.39, 0.29) is 38.1 Å². The van der Waals surface area contributed by atoms with Crippen LogP contribution in [0.2, 0.25) is 18.1 Å². The second kappa shape index (κ2) is 21.0. The minimum Gasteiger partial charge on any atom is -0.414 e. The van der Waals surface area contributed by atoms with E-state index in [1.54, 1.807) is 24.3 Å². The zero-order valence-corrected chi connectivity index (χ0v) is 36.5. The van der Waals surface area contributed by atoms with Crippen molar-refractivity contribution in [2.24, 2.45) is 5.11 Å². The molecule has 13 nitrogen and oxygen atoms in total. The number of nitrogens with zero attached hydrogens (tertiary/aromatic N) is 3. The Kier molecular flexibility index (Phi) is 16.0. The summed E-state index contributed by atoms with van der Waals surface area (Å²) < 4.78 is 45.4. The molecule has 10 atom stereocenters. The molecule has 0 radical (unpaired) electrons. The molecule has 2 aliphatic rings. The van der Waals surface area contributed by atoms with E-state index < -0.39 is 68.5 Å². The molecular weight excluding hydrogens is 803 g/mol. The number of rotatable bonds is 18. The minimum absolute atomic E-state index is 0.0120. The molecule has 0 bridgehead atoms. The van der Waals surface area contributed by atoms with Crippen molar-refractivity contribution < 1.29 is 48.2 Å². The maximum atomic E-state index is 12.2. The molecule has 2 saturated heterocycles. The van der Waals surface area contributed by atoms with Gasteiger partial charge in [-0.2, -0.15) is 0 Å². The summed E-state index contributed by atoms with van der Waals surface area (Å²) in [5.41, 5.74) is 12.7. The van der Waals surface area contributed by atoms with Crippen molar-refractivity contribution in [1.29, 1.82) is 0 Å². The maximum Gasteiger partial charge on any atom is 0.250 e. The molecule has 60 heavy (non-hydrogen) atoms. The minimum atomic E-state index is -2.38. The van der Waals surface area contributed by atoms with Crippen molar-refractivity contribution in [3.05, 3.63) is 148 Å². The van der Waals surface area contributed by atoms with Gasteiger partial charge in [-0.1, -0.05) is 147 Å². The normalized spacial score (nSPS) is 28.5. The third-order valence-corrected chi connectivity index (χ3v) is 16.8. The van der Waals surface area contributed by atoms with Gasteiger partial charge in [-0.3, -0.25) is 0 Å². The van der Waals surface area contributed by atoms with E-state index in [2.05, 4.69) is 43.9 Å². The standard InChI is InChI=1S/C45H57N3O10SSi/c1-44(2,3)60(4,5)55-30-35-38(49)41(42(50)45(51,58-35)59-34-24-16-9-17-25-34)57-43-37(47-48-46)40(54-28-33-22-14-8-15-23-33)39(53-27-32-20-12-7-13-21-32)36(56-43)29-52-26-31-18-10-6-11-19-31/h6-25,35-43,49-51H,26-30H2,1-5H3/t35-,36-,37-,38-,39-,40-,41+,42-,43+,45-/m1/s1. The van der Waals surface area contributed by atoms with E-state index in [1.165, 1.54) is 0 Å². The van der Waals surface area contributed by atoms with Gasteiger partial charge in [0.15, 0.2) is 14.6 Å². The van der Waals surface area contributed by atoms with E-state index in [9.17, 15) is 20.9 Å². The van der Waals surface area contributed by atoms with Gasteiger partial charge in [-0.05, 0) is 52.5 Å². The third-order valence-electron chi connectivity index (χ3n) is 11.2. The van der Waals surface area contributed by atoms with Crippen molar-refractivity contribution >= 4 is 20.1 Å². The molecule has 0 amide bonds. The summed E-state index contributed by atoms with van der Waals surface area (Å²) in [6.45, 7) is 10.9. The van der Waals surface area contributed by atoms with Crippen molar-refractivity contribution in [3.63, 3.8) is 0 Å². The number of azide groups is 1. The molecule has 322 valence electrons. The van der Waals surface area contributed by atoms with Crippen molar-refractivity contribution in [2.75, 3.05) is 13.2 Å². The number of hydrogen-bond acceptors (Lipinski definition) is 12. The van der Waals surface area contributed by atoms with Gasteiger partial charge < -0.3 is 48.2 Å². The molecule has 4 aromatic rings. The third kappa shape index (κ3) is 11.8. The Morgan fingerprint density at radius 3 is 1.78 bits per heavy atom. The SMILES string of the molecule is CC(C)(C)[Si](C)(C)OC[C@H]1O[C@@](O)(Sc2ccccc2)[C@H](O)[C@@H](O[C@@H]2O[C@H](COCc3ccccc3)[C@@H](OCc3ccccc3)[C@H](OCc3ccccc3)[C@H]2N=[N+]=[N-])[C@@H]1O. The van der Waals surface area contributed by atoms with E-state index >= 15 is 0 Å². The van der Waals surface area contributed by atoms with E-state index in [0.717, 1.165) is 28.5 Å². The highest BCUT2D eigenvalue weighted by atomic mass is 32.2. The molecule has 0 aliphatic carbocycles. The van der Waals surface area contributed by atoms with Gasteiger partial charge in [-0.15, -0.1) is 0 Å². The van der Waals surface area contributed by atoms with Gasteiger partial charge in [0.2, 0.25) is 0 Å². The zero-order valence-electron chi connectivity index (χ0n) is 34.7. The van der Waals surface area contributed by atoms with Crippen LogP contribution >= 0.6 is 11.8 Å². The number of thioether (sulfide) groups is 1. The summed E-state index contributed by atoms with van der Waals surface area (Å²) in [7, 11) is -2.38. The van der Waals surface area contributed by atoms with Crippen LogP contribution in [0.4, 0.5) is 0 Å². The van der Waals surface area contributed by atoms with E-state index in [0.29, 0.717) is 4.90 Å². The van der Waals surface area contributed by atoms with Crippen molar-refractivity contribution in [1.82, 2.24) is 0 Å². The average Bonchev–Trinajstić information content (AvgIpc) is 3.24. The lowest BCUT2D eigenvalue weighted by Crippen LogP contribution is -2.67. The number of aliphatic hydroxyl groups is 3. The van der Waals surface area contributed by atoms with Crippen LogP contribution < -0.4 is 0 Å². The van der Waals surface area contributed by atoms with Gasteiger partial charge in [0.25, 0.3) is 5.12 Å². The summed E-state index contributed by atoms with van der Waals surface area (Å²) in [6.07, 6.45) is -10.1. The van der Waals surface area contributed by atoms with Crippen LogP contribution in [-0.4, -0.2) is 97.0 Å². The van der Waals surface area contributed by atoms with Crippen molar-refractivity contribution in [2.45, 2.75) is 124 Å². The molecular formula is C45H57N3O10SSi. The van der Waals surface area contributed by atoms with E-state index in [1.807, 2.05) is 97.1 Å². The van der Waals surface area contributed by atoms with Crippen LogP contribution in [0.5, 0.6) is 0 Å². The molecule has 0 spiro atoms. The summed E-state index contributed by atoms with van der Waals surface area (Å²) >= 11 is 0.878. The van der Waals surface area contributed by atoms with Crippen molar-refractivity contribution in [3.8, 4) is 0 Å². The quantitative estimate of drug-likeness (QED) is 0.0294. The molecule has 2 fully saturated rings. The Labute approximate surface area is 357 Å². The number of hydrogen-bond donors (Lipinski definition) is 3. The van der Waals surface area contributed by atoms with Gasteiger partial charge in [0, 0.05) is 9.81 Å². The smallest absolute Gasteiger partial charge is 0.250 e. The fraction of sp³-hybridized carbons (Fsp3) is 0.467. The van der Waals surface area contributed by atoms with Gasteiger partial charge >= 0.3 is 0 Å². The van der Waals surface area contributed by atoms with Crippen LogP contribution in [0, 0.1) is 0 Å². The highest BCUT2D eigenvalue weighted by Gasteiger charge is 2.58. The maximum absolute atomic E-state index is 12.2. The predicted molar refractivity (Wildman–Crippen MR) is 230 cm³/mol. The Morgan fingerprint density at radius 2 is 1.25 bits per heavy atom. The lowest BCUT2D eigenvalue weighted by molar-refractivity contribution is -0.353. The Bertz CT molecular complexity index is 1940.